The molecule has 1 saturated heterocycles. The molecule has 2 aromatic carbocycles. The third-order valence-corrected chi connectivity index (χ3v) is 4.87. The summed E-state index contributed by atoms with van der Waals surface area (Å²) in [5.74, 6) is -1.02. The number of carbonyl (C=O) groups is 2. The van der Waals surface area contributed by atoms with Crippen molar-refractivity contribution < 1.29 is 14.0 Å². The average molecular weight is 357 g/mol. The van der Waals surface area contributed by atoms with E-state index in [0.29, 0.717) is 11.4 Å². The Kier molecular flexibility index (Phi) is 4.85. The maximum absolute atomic E-state index is 12.9. The molecule has 7 heteroatoms. The maximum atomic E-state index is 12.9. The van der Waals surface area contributed by atoms with E-state index in [1.807, 2.05) is 25.1 Å². The first-order valence-corrected chi connectivity index (χ1v) is 8.54. The largest absolute Gasteiger partial charge is 0.326 e. The molecular weight excluding hydrogens is 341 g/mol. The van der Waals surface area contributed by atoms with Crippen LogP contribution in [0.2, 0.25) is 0 Å². The summed E-state index contributed by atoms with van der Waals surface area (Å²) in [7, 11) is 0. The Bertz CT molecular complexity index is 838. The number of amides is 2. The van der Waals surface area contributed by atoms with Gasteiger partial charge in [0.1, 0.15) is 11.1 Å². The number of anilines is 2. The number of hydrogen-bond donors (Lipinski definition) is 2. The molecule has 1 fully saturated rings. The van der Waals surface area contributed by atoms with E-state index in [2.05, 4.69) is 5.32 Å². The number of carbonyl (C=O) groups excluding carboxylic acids is 2. The van der Waals surface area contributed by atoms with Gasteiger partial charge in [-0.25, -0.2) is 4.39 Å². The van der Waals surface area contributed by atoms with Crippen LogP contribution in [0, 0.1) is 18.2 Å². The predicted octanol–water partition coefficient (Wildman–Crippen LogP) is 3.55. The molecule has 0 aliphatic carbocycles. The van der Waals surface area contributed by atoms with Crippen LogP contribution in [0.3, 0.4) is 0 Å². The number of aryl methyl sites for hydroxylation is 1. The molecule has 1 aliphatic rings. The van der Waals surface area contributed by atoms with Crippen LogP contribution in [-0.4, -0.2) is 22.2 Å². The molecule has 0 spiro atoms. The van der Waals surface area contributed by atoms with Gasteiger partial charge in [0, 0.05) is 12.1 Å². The van der Waals surface area contributed by atoms with Crippen LogP contribution in [0.15, 0.2) is 48.5 Å². The minimum Gasteiger partial charge on any atom is -0.326 e. The third-order valence-electron chi connectivity index (χ3n) is 3.81. The number of thioether (sulfide) groups is 1. The molecule has 5 nitrogen and oxygen atoms in total. The number of nitrogens with zero attached hydrogens (tertiary/aromatic N) is 1. The van der Waals surface area contributed by atoms with E-state index in [0.717, 1.165) is 17.3 Å². The van der Waals surface area contributed by atoms with Crippen molar-refractivity contribution in [2.75, 3.05) is 10.2 Å². The fraction of sp³-hybridized carbons (Fsp3) is 0.167. The highest BCUT2D eigenvalue weighted by Crippen LogP contribution is 2.34. The first kappa shape index (κ1) is 17.2. The quantitative estimate of drug-likeness (QED) is 0.879. The molecule has 3 rings (SSSR count). The standard InChI is InChI=1S/C18H16FN3O2S/c1-11-4-2-3-5-14(11)22-17(24)15(25-18(22)20)10-16(23)21-13-8-6-12(19)7-9-13/h2-9,15,20H,10H2,1H3,(H,21,23)/t15-/m0/s1. The highest BCUT2D eigenvalue weighted by molar-refractivity contribution is 8.16. The molecule has 25 heavy (non-hydrogen) atoms. The molecule has 2 N–H and O–H groups in total. The molecule has 2 aromatic rings. The Morgan fingerprint density at radius 1 is 1.24 bits per heavy atom. The van der Waals surface area contributed by atoms with E-state index in [4.69, 9.17) is 5.41 Å². The zero-order chi connectivity index (χ0) is 18.0. The summed E-state index contributed by atoms with van der Waals surface area (Å²) in [5, 5.41) is 10.2. The van der Waals surface area contributed by atoms with Crippen molar-refractivity contribution in [1.29, 1.82) is 5.41 Å². The molecule has 1 heterocycles. The molecule has 0 unspecified atom stereocenters. The summed E-state index contributed by atoms with van der Waals surface area (Å²) < 4.78 is 12.9. The van der Waals surface area contributed by atoms with Crippen LogP contribution in [0.25, 0.3) is 0 Å². The third kappa shape index (κ3) is 3.71. The SMILES string of the molecule is Cc1ccccc1N1C(=N)S[C@@H](CC(=O)Nc2ccc(F)cc2)C1=O. The topological polar surface area (TPSA) is 73.3 Å². The summed E-state index contributed by atoms with van der Waals surface area (Å²) in [5.41, 5.74) is 2.01. The summed E-state index contributed by atoms with van der Waals surface area (Å²) >= 11 is 1.07. The van der Waals surface area contributed by atoms with Gasteiger partial charge in [-0.05, 0) is 42.8 Å². The van der Waals surface area contributed by atoms with Crippen molar-refractivity contribution >= 4 is 40.1 Å². The molecule has 0 saturated carbocycles. The van der Waals surface area contributed by atoms with Gasteiger partial charge < -0.3 is 5.32 Å². The van der Waals surface area contributed by atoms with Crippen LogP contribution < -0.4 is 10.2 Å². The van der Waals surface area contributed by atoms with E-state index in [-0.39, 0.29) is 29.2 Å². The highest BCUT2D eigenvalue weighted by Gasteiger charge is 2.39. The summed E-state index contributed by atoms with van der Waals surface area (Å²) in [6, 6.07) is 12.7. The predicted molar refractivity (Wildman–Crippen MR) is 97.4 cm³/mol. The monoisotopic (exact) mass is 357 g/mol. The summed E-state index contributed by atoms with van der Waals surface area (Å²) in [4.78, 5) is 26.1. The summed E-state index contributed by atoms with van der Waals surface area (Å²) in [6.07, 6.45) is -0.0500. The zero-order valence-corrected chi connectivity index (χ0v) is 14.3. The highest BCUT2D eigenvalue weighted by atomic mass is 32.2. The smallest absolute Gasteiger partial charge is 0.247 e. The summed E-state index contributed by atoms with van der Waals surface area (Å²) in [6.45, 7) is 1.87. The Balaban J connectivity index is 1.69. The molecule has 2 amide bonds. The van der Waals surface area contributed by atoms with Gasteiger partial charge in [0.15, 0.2) is 5.17 Å². The maximum Gasteiger partial charge on any atom is 0.247 e. The Morgan fingerprint density at radius 3 is 2.60 bits per heavy atom. The van der Waals surface area contributed by atoms with Crippen molar-refractivity contribution in [3.63, 3.8) is 0 Å². The number of hydrogen-bond acceptors (Lipinski definition) is 4. The van der Waals surface area contributed by atoms with Gasteiger partial charge in [-0.15, -0.1) is 0 Å². The van der Waals surface area contributed by atoms with Crippen LogP contribution in [0.5, 0.6) is 0 Å². The Hall–Kier alpha value is -2.67. The van der Waals surface area contributed by atoms with Crippen molar-refractivity contribution in [3.8, 4) is 0 Å². The zero-order valence-electron chi connectivity index (χ0n) is 13.5. The van der Waals surface area contributed by atoms with Crippen LogP contribution in [0.4, 0.5) is 15.8 Å². The number of para-hydroxylation sites is 1. The minimum atomic E-state index is -0.646. The second kappa shape index (κ2) is 7.06. The average Bonchev–Trinajstić information content (AvgIpc) is 2.84. The lowest BCUT2D eigenvalue weighted by Gasteiger charge is -2.17. The van der Waals surface area contributed by atoms with Crippen molar-refractivity contribution in [2.45, 2.75) is 18.6 Å². The molecule has 0 bridgehead atoms. The number of halogens is 1. The second-order valence-electron chi connectivity index (χ2n) is 5.63. The number of nitrogens with one attached hydrogen (secondary N) is 2. The first-order chi connectivity index (χ1) is 12.0. The number of rotatable bonds is 4. The van der Waals surface area contributed by atoms with E-state index < -0.39 is 5.25 Å². The van der Waals surface area contributed by atoms with E-state index in [9.17, 15) is 14.0 Å². The van der Waals surface area contributed by atoms with Gasteiger partial charge in [-0.1, -0.05) is 30.0 Å². The van der Waals surface area contributed by atoms with Gasteiger partial charge in [0.2, 0.25) is 11.8 Å². The molecule has 1 aliphatic heterocycles. The Labute approximate surface area is 148 Å². The lowest BCUT2D eigenvalue weighted by Crippen LogP contribution is -2.33. The molecular formula is C18H16FN3O2S. The van der Waals surface area contributed by atoms with E-state index in [1.165, 1.54) is 29.2 Å². The molecule has 0 radical (unpaired) electrons. The first-order valence-electron chi connectivity index (χ1n) is 7.66. The number of benzene rings is 2. The molecule has 128 valence electrons. The van der Waals surface area contributed by atoms with Gasteiger partial charge in [0.05, 0.1) is 5.69 Å². The van der Waals surface area contributed by atoms with Crippen LogP contribution >= 0.6 is 11.8 Å². The lowest BCUT2D eigenvalue weighted by atomic mass is 10.1. The van der Waals surface area contributed by atoms with Crippen LogP contribution in [0.1, 0.15) is 12.0 Å². The van der Waals surface area contributed by atoms with Crippen molar-refractivity contribution in [3.05, 3.63) is 59.9 Å². The van der Waals surface area contributed by atoms with Crippen LogP contribution in [-0.2, 0) is 9.59 Å². The fourth-order valence-corrected chi connectivity index (χ4v) is 3.57. The molecule has 0 aromatic heterocycles. The van der Waals surface area contributed by atoms with E-state index >= 15 is 0 Å². The molecule has 1 atom stereocenters. The number of amidine groups is 1. The fourth-order valence-electron chi connectivity index (χ4n) is 2.57. The normalized spacial score (nSPS) is 17.0. The lowest BCUT2D eigenvalue weighted by molar-refractivity contribution is -0.121. The van der Waals surface area contributed by atoms with Gasteiger partial charge >= 0.3 is 0 Å². The van der Waals surface area contributed by atoms with E-state index in [1.54, 1.807) is 6.07 Å². The van der Waals surface area contributed by atoms with Gasteiger partial charge in [-0.2, -0.15) is 0 Å². The minimum absolute atomic E-state index is 0.0500. The van der Waals surface area contributed by atoms with Gasteiger partial charge in [-0.3, -0.25) is 19.9 Å². The van der Waals surface area contributed by atoms with Gasteiger partial charge in [0.25, 0.3) is 0 Å². The van der Waals surface area contributed by atoms with Crippen molar-refractivity contribution in [2.24, 2.45) is 0 Å². The van der Waals surface area contributed by atoms with Crippen molar-refractivity contribution in [1.82, 2.24) is 0 Å². The second-order valence-corrected chi connectivity index (χ2v) is 6.82. The Morgan fingerprint density at radius 2 is 1.92 bits per heavy atom.